The van der Waals surface area contributed by atoms with Crippen LogP contribution in [0.3, 0.4) is 0 Å². The molecule has 2 fully saturated rings. The van der Waals surface area contributed by atoms with Gasteiger partial charge in [-0.3, -0.25) is 4.79 Å². The Morgan fingerprint density at radius 1 is 1.12 bits per heavy atom. The van der Waals surface area contributed by atoms with Crippen LogP contribution in [0.1, 0.15) is 50.2 Å². The average Bonchev–Trinajstić information content (AvgIpc) is 3.03. The molecule has 2 aromatic rings. The van der Waals surface area contributed by atoms with Crippen LogP contribution in [0, 0.1) is 11.8 Å². The summed E-state index contributed by atoms with van der Waals surface area (Å²) in [6.07, 6.45) is 7.24. The molecule has 1 aromatic heterocycles. The lowest BCUT2D eigenvalue weighted by molar-refractivity contribution is 0.171. The van der Waals surface area contributed by atoms with Gasteiger partial charge in [0.25, 0.3) is 0 Å². The van der Waals surface area contributed by atoms with Crippen molar-refractivity contribution in [1.82, 2.24) is 10.3 Å². The Balaban J connectivity index is 1.46. The molecular weight excluding hydrogens is 316 g/mol. The van der Waals surface area contributed by atoms with Crippen molar-refractivity contribution < 1.29 is 10.2 Å². The number of phenols is 1. The summed E-state index contributed by atoms with van der Waals surface area (Å²) in [5.41, 5.74) is 0.851. The number of aromatic nitrogens is 1. The van der Waals surface area contributed by atoms with Crippen LogP contribution >= 0.6 is 0 Å². The summed E-state index contributed by atoms with van der Waals surface area (Å²) in [4.78, 5) is 14.1. The number of benzene rings is 1. The zero-order chi connectivity index (χ0) is 17.4. The van der Waals surface area contributed by atoms with Crippen LogP contribution in [-0.2, 0) is 0 Å². The lowest BCUT2D eigenvalue weighted by atomic mass is 9.82. The summed E-state index contributed by atoms with van der Waals surface area (Å²) < 4.78 is 0. The molecule has 0 spiro atoms. The first-order valence-electron chi connectivity index (χ1n) is 9.38. The lowest BCUT2D eigenvalue weighted by Crippen LogP contribution is -2.31. The number of aromatic hydroxyl groups is 1. The first kappa shape index (κ1) is 16.6. The van der Waals surface area contributed by atoms with Gasteiger partial charge in [0.05, 0.1) is 11.6 Å². The molecule has 5 nitrogen and oxygen atoms in total. The molecule has 3 atom stereocenters. The average molecular weight is 342 g/mol. The standard InChI is InChI=1S/C20H26N2O3/c23-17-7-5-15(16-6-8-19(25)22-20(16)17)18(24)11-21-14-9-12-3-1-2-4-13(12)10-14/h5-8,12-14,18,21,23-24H,1-4,9-11H2,(H,22,25)/t12?,13?,14?,18-/m0/s1. The second kappa shape index (κ2) is 6.81. The molecule has 0 bridgehead atoms. The molecule has 1 heterocycles. The first-order chi connectivity index (χ1) is 12.1. The Morgan fingerprint density at radius 2 is 1.84 bits per heavy atom. The number of fused-ring (bicyclic) bond motifs is 2. The van der Waals surface area contributed by atoms with Crippen molar-refractivity contribution in [2.24, 2.45) is 11.8 Å². The molecular formula is C20H26N2O3. The Bertz CT molecular complexity index is 802. The van der Waals surface area contributed by atoms with Crippen LogP contribution in [0.25, 0.3) is 10.9 Å². The topological polar surface area (TPSA) is 85.3 Å². The van der Waals surface area contributed by atoms with E-state index in [9.17, 15) is 15.0 Å². The molecule has 2 aliphatic carbocycles. The van der Waals surface area contributed by atoms with E-state index in [1.54, 1.807) is 12.1 Å². The second-order valence-electron chi connectivity index (χ2n) is 7.68. The maximum atomic E-state index is 11.5. The third-order valence-corrected chi connectivity index (χ3v) is 6.11. The number of hydrogen-bond donors (Lipinski definition) is 4. The van der Waals surface area contributed by atoms with E-state index in [2.05, 4.69) is 10.3 Å². The lowest BCUT2D eigenvalue weighted by Gasteiger charge is -2.24. The number of aliphatic hydroxyl groups excluding tert-OH is 1. The van der Waals surface area contributed by atoms with Gasteiger partial charge in [-0.05, 0) is 42.4 Å². The van der Waals surface area contributed by atoms with Crippen molar-refractivity contribution in [3.8, 4) is 5.75 Å². The normalized spacial score (nSPS) is 27.3. The number of H-pyrrole nitrogens is 1. The summed E-state index contributed by atoms with van der Waals surface area (Å²) in [6.45, 7) is 0.489. The Labute approximate surface area is 147 Å². The zero-order valence-corrected chi connectivity index (χ0v) is 14.4. The molecule has 2 aliphatic rings. The molecule has 0 aliphatic heterocycles. The minimum atomic E-state index is -0.670. The zero-order valence-electron chi connectivity index (χ0n) is 14.4. The van der Waals surface area contributed by atoms with Crippen LogP contribution in [0.2, 0.25) is 0 Å². The number of hydrogen-bond acceptors (Lipinski definition) is 4. The summed E-state index contributed by atoms with van der Waals surface area (Å²) in [7, 11) is 0. The Kier molecular flexibility index (Phi) is 4.52. The number of aliphatic hydroxyl groups is 1. The molecule has 0 radical (unpaired) electrons. The molecule has 134 valence electrons. The van der Waals surface area contributed by atoms with Gasteiger partial charge >= 0.3 is 0 Å². The van der Waals surface area contributed by atoms with Crippen LogP contribution in [0.4, 0.5) is 0 Å². The molecule has 25 heavy (non-hydrogen) atoms. The molecule has 2 saturated carbocycles. The third kappa shape index (κ3) is 3.31. The van der Waals surface area contributed by atoms with E-state index in [1.807, 2.05) is 0 Å². The maximum absolute atomic E-state index is 11.5. The fourth-order valence-electron chi connectivity index (χ4n) is 4.84. The quantitative estimate of drug-likeness (QED) is 0.688. The summed E-state index contributed by atoms with van der Waals surface area (Å²) in [5, 5.41) is 24.8. The summed E-state index contributed by atoms with van der Waals surface area (Å²) in [5.74, 6) is 1.75. The van der Waals surface area contributed by atoms with Gasteiger partial charge in [-0.25, -0.2) is 0 Å². The monoisotopic (exact) mass is 342 g/mol. The minimum Gasteiger partial charge on any atom is -0.506 e. The highest BCUT2D eigenvalue weighted by molar-refractivity contribution is 5.87. The van der Waals surface area contributed by atoms with Crippen molar-refractivity contribution >= 4 is 10.9 Å². The molecule has 4 N–H and O–H groups in total. The van der Waals surface area contributed by atoms with Gasteiger partial charge in [-0.1, -0.05) is 31.7 Å². The van der Waals surface area contributed by atoms with E-state index in [-0.39, 0.29) is 11.3 Å². The van der Waals surface area contributed by atoms with Crippen molar-refractivity contribution in [3.63, 3.8) is 0 Å². The van der Waals surface area contributed by atoms with Crippen molar-refractivity contribution in [2.45, 2.75) is 50.7 Å². The fourth-order valence-corrected chi connectivity index (χ4v) is 4.84. The van der Waals surface area contributed by atoms with E-state index in [0.717, 1.165) is 17.4 Å². The molecule has 0 amide bonds. The SMILES string of the molecule is O=c1ccc2c([C@@H](O)CNC3CC4CCCCC4C3)ccc(O)c2[nH]1. The van der Waals surface area contributed by atoms with Gasteiger partial charge in [0, 0.05) is 24.0 Å². The van der Waals surface area contributed by atoms with Crippen LogP contribution in [-0.4, -0.2) is 27.8 Å². The minimum absolute atomic E-state index is 0.0245. The Morgan fingerprint density at radius 3 is 2.56 bits per heavy atom. The summed E-state index contributed by atoms with van der Waals surface area (Å²) in [6, 6.07) is 6.84. The van der Waals surface area contributed by atoms with Crippen molar-refractivity contribution in [3.05, 3.63) is 40.2 Å². The van der Waals surface area contributed by atoms with E-state index in [0.29, 0.717) is 23.5 Å². The number of nitrogens with one attached hydrogen (secondary N) is 2. The fraction of sp³-hybridized carbons (Fsp3) is 0.550. The predicted molar refractivity (Wildman–Crippen MR) is 97.7 cm³/mol. The predicted octanol–water partition coefficient (Wildman–Crippen LogP) is 2.83. The van der Waals surface area contributed by atoms with E-state index < -0.39 is 6.10 Å². The molecule has 4 rings (SSSR count). The first-order valence-corrected chi connectivity index (χ1v) is 9.38. The van der Waals surface area contributed by atoms with Crippen LogP contribution < -0.4 is 10.9 Å². The maximum Gasteiger partial charge on any atom is 0.248 e. The highest BCUT2D eigenvalue weighted by Crippen LogP contribution is 2.42. The van der Waals surface area contributed by atoms with Crippen molar-refractivity contribution in [2.75, 3.05) is 6.54 Å². The highest BCUT2D eigenvalue weighted by Gasteiger charge is 2.35. The van der Waals surface area contributed by atoms with Gasteiger partial charge in [0.1, 0.15) is 5.75 Å². The number of rotatable bonds is 4. The van der Waals surface area contributed by atoms with Crippen LogP contribution in [0.15, 0.2) is 29.1 Å². The second-order valence-corrected chi connectivity index (χ2v) is 7.68. The molecule has 1 aromatic carbocycles. The number of pyridine rings is 1. The van der Waals surface area contributed by atoms with Gasteiger partial charge in [0.15, 0.2) is 0 Å². The van der Waals surface area contributed by atoms with Gasteiger partial charge < -0.3 is 20.5 Å². The summed E-state index contributed by atoms with van der Waals surface area (Å²) >= 11 is 0. The largest absolute Gasteiger partial charge is 0.506 e. The van der Waals surface area contributed by atoms with Gasteiger partial charge in [0.2, 0.25) is 5.56 Å². The number of phenolic OH excluding ortho intramolecular Hbond substituents is 1. The molecule has 5 heteroatoms. The smallest absolute Gasteiger partial charge is 0.248 e. The molecule has 0 saturated heterocycles. The van der Waals surface area contributed by atoms with Gasteiger partial charge in [-0.15, -0.1) is 0 Å². The Hall–Kier alpha value is -1.85. The van der Waals surface area contributed by atoms with Gasteiger partial charge in [-0.2, -0.15) is 0 Å². The van der Waals surface area contributed by atoms with E-state index >= 15 is 0 Å². The third-order valence-electron chi connectivity index (χ3n) is 6.11. The van der Waals surface area contributed by atoms with Crippen molar-refractivity contribution in [1.29, 1.82) is 0 Å². The van der Waals surface area contributed by atoms with E-state index in [1.165, 1.54) is 50.7 Å². The number of aromatic amines is 1. The highest BCUT2D eigenvalue weighted by atomic mass is 16.3. The molecule has 2 unspecified atom stereocenters. The van der Waals surface area contributed by atoms with E-state index in [4.69, 9.17) is 0 Å². The van der Waals surface area contributed by atoms with Crippen LogP contribution in [0.5, 0.6) is 5.75 Å².